The first-order chi connectivity index (χ1) is 7.30. The molecule has 2 nitrogen and oxygen atoms in total. The van der Waals surface area contributed by atoms with E-state index in [1.807, 2.05) is 12.4 Å². The highest BCUT2D eigenvalue weighted by molar-refractivity contribution is 9.10. The Balaban J connectivity index is 2.68. The zero-order valence-electron chi connectivity index (χ0n) is 10.8. The van der Waals surface area contributed by atoms with Crippen molar-refractivity contribution in [1.82, 2.24) is 9.88 Å². The second-order valence-electron chi connectivity index (χ2n) is 5.47. The molecule has 3 heteroatoms. The minimum atomic E-state index is 0.300. The van der Waals surface area contributed by atoms with Gasteiger partial charge in [-0.15, -0.1) is 0 Å². The molecule has 0 saturated carbocycles. The van der Waals surface area contributed by atoms with Crippen molar-refractivity contribution in [3.63, 3.8) is 0 Å². The predicted octanol–water partition coefficient (Wildman–Crippen LogP) is 3.71. The summed E-state index contributed by atoms with van der Waals surface area (Å²) in [5, 5.41) is 0. The summed E-state index contributed by atoms with van der Waals surface area (Å²) >= 11 is 3.45. The van der Waals surface area contributed by atoms with E-state index in [9.17, 15) is 0 Å². The Morgan fingerprint density at radius 1 is 1.38 bits per heavy atom. The molecule has 16 heavy (non-hydrogen) atoms. The third-order valence-electron chi connectivity index (χ3n) is 3.11. The quantitative estimate of drug-likeness (QED) is 0.841. The van der Waals surface area contributed by atoms with Crippen molar-refractivity contribution in [2.75, 3.05) is 7.05 Å². The van der Waals surface area contributed by atoms with Crippen LogP contribution in [0, 0.1) is 5.41 Å². The highest BCUT2D eigenvalue weighted by Gasteiger charge is 2.23. The Hall–Kier alpha value is -0.410. The van der Waals surface area contributed by atoms with E-state index in [4.69, 9.17) is 0 Å². The standard InChI is InChI=1S/C13H21BrN2/c1-10(13(2,3)4)16(5)9-11-6-12(14)8-15-7-11/h6-8,10H,9H2,1-5H3. The molecular weight excluding hydrogens is 264 g/mol. The molecule has 0 fully saturated rings. The van der Waals surface area contributed by atoms with Gasteiger partial charge in [0.15, 0.2) is 0 Å². The van der Waals surface area contributed by atoms with E-state index in [2.05, 4.69) is 66.6 Å². The normalized spacial score (nSPS) is 14.2. The average Bonchev–Trinajstić information content (AvgIpc) is 2.15. The minimum Gasteiger partial charge on any atom is -0.299 e. The van der Waals surface area contributed by atoms with Gasteiger partial charge in [0.25, 0.3) is 0 Å². The first-order valence-electron chi connectivity index (χ1n) is 5.60. The Labute approximate surface area is 107 Å². The van der Waals surface area contributed by atoms with Crippen LogP contribution < -0.4 is 0 Å². The van der Waals surface area contributed by atoms with Gasteiger partial charge in [0.1, 0.15) is 0 Å². The number of halogens is 1. The van der Waals surface area contributed by atoms with Gasteiger partial charge in [0.05, 0.1) is 0 Å². The van der Waals surface area contributed by atoms with Gasteiger partial charge in [-0.05, 0) is 46.9 Å². The van der Waals surface area contributed by atoms with Crippen molar-refractivity contribution in [2.45, 2.75) is 40.3 Å². The first-order valence-corrected chi connectivity index (χ1v) is 6.39. The zero-order valence-corrected chi connectivity index (χ0v) is 12.4. The van der Waals surface area contributed by atoms with E-state index in [0.29, 0.717) is 11.5 Å². The number of rotatable bonds is 3. The number of pyridine rings is 1. The van der Waals surface area contributed by atoms with Gasteiger partial charge in [-0.1, -0.05) is 20.8 Å². The average molecular weight is 285 g/mol. The molecule has 1 atom stereocenters. The summed E-state index contributed by atoms with van der Waals surface area (Å²) < 4.78 is 1.04. The van der Waals surface area contributed by atoms with E-state index in [0.717, 1.165) is 11.0 Å². The van der Waals surface area contributed by atoms with Gasteiger partial charge in [-0.3, -0.25) is 9.88 Å². The van der Waals surface area contributed by atoms with Crippen molar-refractivity contribution >= 4 is 15.9 Å². The number of nitrogens with zero attached hydrogens (tertiary/aromatic N) is 2. The molecule has 90 valence electrons. The van der Waals surface area contributed by atoms with E-state index < -0.39 is 0 Å². The molecular formula is C13H21BrN2. The second kappa shape index (κ2) is 5.28. The van der Waals surface area contributed by atoms with E-state index in [1.165, 1.54) is 5.56 Å². The van der Waals surface area contributed by atoms with Crippen LogP contribution >= 0.6 is 15.9 Å². The van der Waals surface area contributed by atoms with Gasteiger partial charge < -0.3 is 0 Å². The maximum absolute atomic E-state index is 4.19. The Morgan fingerprint density at radius 2 is 2.00 bits per heavy atom. The Bertz CT molecular complexity index is 344. The molecule has 0 spiro atoms. The van der Waals surface area contributed by atoms with Crippen molar-refractivity contribution < 1.29 is 0 Å². The third-order valence-corrected chi connectivity index (χ3v) is 3.54. The van der Waals surface area contributed by atoms with Crippen LogP contribution in [0.2, 0.25) is 0 Å². The molecule has 0 aliphatic heterocycles. The van der Waals surface area contributed by atoms with Gasteiger partial charge >= 0.3 is 0 Å². The largest absolute Gasteiger partial charge is 0.299 e. The highest BCUT2D eigenvalue weighted by Crippen LogP contribution is 2.24. The zero-order chi connectivity index (χ0) is 12.3. The lowest BCUT2D eigenvalue weighted by molar-refractivity contribution is 0.134. The molecule has 0 aliphatic carbocycles. The monoisotopic (exact) mass is 284 g/mol. The van der Waals surface area contributed by atoms with Crippen LogP contribution in [0.5, 0.6) is 0 Å². The predicted molar refractivity (Wildman–Crippen MR) is 72.3 cm³/mol. The molecule has 0 aromatic carbocycles. The summed E-state index contributed by atoms with van der Waals surface area (Å²) in [6.07, 6.45) is 3.74. The van der Waals surface area contributed by atoms with Crippen molar-refractivity contribution in [2.24, 2.45) is 5.41 Å². The molecule has 1 heterocycles. The molecule has 1 aromatic rings. The molecule has 0 bridgehead atoms. The van der Waals surface area contributed by atoms with Crippen LogP contribution in [0.3, 0.4) is 0 Å². The lowest BCUT2D eigenvalue weighted by Crippen LogP contribution is -2.38. The van der Waals surface area contributed by atoms with Crippen LogP contribution in [0.4, 0.5) is 0 Å². The number of hydrogen-bond acceptors (Lipinski definition) is 2. The van der Waals surface area contributed by atoms with Crippen LogP contribution in [0.15, 0.2) is 22.9 Å². The van der Waals surface area contributed by atoms with Crippen molar-refractivity contribution in [3.8, 4) is 0 Å². The topological polar surface area (TPSA) is 16.1 Å². The van der Waals surface area contributed by atoms with Gasteiger partial charge in [0.2, 0.25) is 0 Å². The van der Waals surface area contributed by atoms with Gasteiger partial charge in [-0.2, -0.15) is 0 Å². The lowest BCUT2D eigenvalue weighted by Gasteiger charge is -2.35. The summed E-state index contributed by atoms with van der Waals surface area (Å²) in [7, 11) is 2.16. The summed E-state index contributed by atoms with van der Waals surface area (Å²) in [5.74, 6) is 0. The Morgan fingerprint density at radius 3 is 2.50 bits per heavy atom. The fourth-order valence-corrected chi connectivity index (χ4v) is 2.04. The first kappa shape index (κ1) is 13.7. The molecule has 1 rings (SSSR count). The van der Waals surface area contributed by atoms with E-state index >= 15 is 0 Å². The van der Waals surface area contributed by atoms with Crippen molar-refractivity contribution in [3.05, 3.63) is 28.5 Å². The molecule has 1 aromatic heterocycles. The van der Waals surface area contributed by atoms with Crippen LogP contribution in [-0.2, 0) is 6.54 Å². The van der Waals surface area contributed by atoms with E-state index in [-0.39, 0.29) is 0 Å². The maximum Gasteiger partial charge on any atom is 0.0410 e. The van der Waals surface area contributed by atoms with Gasteiger partial charge in [0, 0.05) is 29.5 Å². The molecule has 0 aliphatic rings. The summed E-state index contributed by atoms with van der Waals surface area (Å²) in [5.41, 5.74) is 1.54. The summed E-state index contributed by atoms with van der Waals surface area (Å²) in [6, 6.07) is 2.66. The minimum absolute atomic E-state index is 0.300. The molecule has 0 amide bonds. The maximum atomic E-state index is 4.19. The van der Waals surface area contributed by atoms with Crippen LogP contribution in [0.25, 0.3) is 0 Å². The number of aromatic nitrogens is 1. The third kappa shape index (κ3) is 3.87. The van der Waals surface area contributed by atoms with E-state index in [1.54, 1.807) is 0 Å². The SMILES string of the molecule is CC(N(C)Cc1cncc(Br)c1)C(C)(C)C. The molecule has 0 N–H and O–H groups in total. The molecule has 0 radical (unpaired) electrons. The molecule has 1 unspecified atom stereocenters. The fourth-order valence-electron chi connectivity index (χ4n) is 1.63. The summed E-state index contributed by atoms with van der Waals surface area (Å²) in [6.45, 7) is 10.0. The summed E-state index contributed by atoms with van der Waals surface area (Å²) in [4.78, 5) is 6.55. The second-order valence-corrected chi connectivity index (χ2v) is 6.38. The van der Waals surface area contributed by atoms with Crippen LogP contribution in [0.1, 0.15) is 33.3 Å². The van der Waals surface area contributed by atoms with Gasteiger partial charge in [-0.25, -0.2) is 0 Å². The lowest BCUT2D eigenvalue weighted by atomic mass is 9.87. The molecule has 0 saturated heterocycles. The Kier molecular flexibility index (Phi) is 4.51. The number of hydrogen-bond donors (Lipinski definition) is 0. The van der Waals surface area contributed by atoms with Crippen molar-refractivity contribution in [1.29, 1.82) is 0 Å². The highest BCUT2D eigenvalue weighted by atomic mass is 79.9. The fraction of sp³-hybridized carbons (Fsp3) is 0.615. The smallest absolute Gasteiger partial charge is 0.0410 e. The van der Waals surface area contributed by atoms with Crippen LogP contribution in [-0.4, -0.2) is 23.0 Å².